The average molecular weight is 272 g/mol. The van der Waals surface area contributed by atoms with Gasteiger partial charge in [-0.15, -0.1) is 0 Å². The highest BCUT2D eigenvalue weighted by molar-refractivity contribution is 7.80. The molecule has 0 aliphatic carbocycles. The van der Waals surface area contributed by atoms with Crippen molar-refractivity contribution >= 4 is 18.5 Å². The van der Waals surface area contributed by atoms with Crippen molar-refractivity contribution in [1.82, 2.24) is 9.80 Å². The fourth-order valence-electron chi connectivity index (χ4n) is 2.64. The summed E-state index contributed by atoms with van der Waals surface area (Å²) in [6.45, 7) is 10.4. The van der Waals surface area contributed by atoms with E-state index in [1.165, 1.54) is 12.8 Å². The van der Waals surface area contributed by atoms with Crippen molar-refractivity contribution in [3.63, 3.8) is 0 Å². The predicted octanol–water partition coefficient (Wildman–Crippen LogP) is 2.13. The standard InChI is InChI=1S/C14H28N2OS/c1-11(2)14(17)15(4)10-13-5-7-16(8-6-13)9-12(3)18/h11-13,18H,5-10H2,1-4H3. The molecule has 1 saturated heterocycles. The van der Waals surface area contributed by atoms with Crippen molar-refractivity contribution in [3.05, 3.63) is 0 Å². The zero-order valence-electron chi connectivity index (χ0n) is 12.2. The molecule has 0 aromatic heterocycles. The molecule has 1 rings (SSSR count). The van der Waals surface area contributed by atoms with E-state index in [1.54, 1.807) is 0 Å². The van der Waals surface area contributed by atoms with Crippen LogP contribution in [0.3, 0.4) is 0 Å². The van der Waals surface area contributed by atoms with Gasteiger partial charge < -0.3 is 9.80 Å². The van der Waals surface area contributed by atoms with E-state index in [4.69, 9.17) is 0 Å². The monoisotopic (exact) mass is 272 g/mol. The quantitative estimate of drug-likeness (QED) is 0.775. The van der Waals surface area contributed by atoms with Crippen LogP contribution in [0, 0.1) is 11.8 Å². The van der Waals surface area contributed by atoms with Gasteiger partial charge in [0.15, 0.2) is 0 Å². The summed E-state index contributed by atoms with van der Waals surface area (Å²) in [5.41, 5.74) is 0. The lowest BCUT2D eigenvalue weighted by atomic mass is 9.96. The summed E-state index contributed by atoms with van der Waals surface area (Å²) in [5, 5.41) is 0.451. The molecular formula is C14H28N2OS. The van der Waals surface area contributed by atoms with Crippen molar-refractivity contribution in [3.8, 4) is 0 Å². The van der Waals surface area contributed by atoms with Gasteiger partial charge in [0.2, 0.25) is 5.91 Å². The van der Waals surface area contributed by atoms with Gasteiger partial charge in [-0.05, 0) is 31.8 Å². The number of thiol groups is 1. The van der Waals surface area contributed by atoms with E-state index in [9.17, 15) is 4.79 Å². The van der Waals surface area contributed by atoms with Crippen molar-refractivity contribution < 1.29 is 4.79 Å². The van der Waals surface area contributed by atoms with Gasteiger partial charge in [0.1, 0.15) is 0 Å². The molecule has 0 aromatic carbocycles. The van der Waals surface area contributed by atoms with Crippen LogP contribution in [0.1, 0.15) is 33.6 Å². The van der Waals surface area contributed by atoms with Crippen molar-refractivity contribution in [2.45, 2.75) is 38.9 Å². The molecule has 1 heterocycles. The molecule has 4 heteroatoms. The van der Waals surface area contributed by atoms with Gasteiger partial charge in [-0.1, -0.05) is 20.8 Å². The number of likely N-dealkylation sites (tertiary alicyclic amines) is 1. The molecule has 1 unspecified atom stereocenters. The maximum absolute atomic E-state index is 11.8. The minimum atomic E-state index is 0.111. The lowest BCUT2D eigenvalue weighted by Gasteiger charge is -2.34. The van der Waals surface area contributed by atoms with E-state index < -0.39 is 0 Å². The topological polar surface area (TPSA) is 23.6 Å². The first kappa shape index (κ1) is 15.8. The van der Waals surface area contributed by atoms with Crippen LogP contribution in [0.4, 0.5) is 0 Å². The van der Waals surface area contributed by atoms with Crippen LogP contribution in [-0.4, -0.2) is 54.2 Å². The number of carbonyl (C=O) groups is 1. The second kappa shape index (κ2) is 7.39. The molecule has 0 radical (unpaired) electrons. The van der Waals surface area contributed by atoms with E-state index in [-0.39, 0.29) is 11.8 Å². The van der Waals surface area contributed by atoms with E-state index in [0.29, 0.717) is 11.2 Å². The molecule has 0 saturated carbocycles. The molecule has 0 bridgehead atoms. The predicted molar refractivity (Wildman–Crippen MR) is 80.1 cm³/mol. The number of piperidine rings is 1. The molecule has 18 heavy (non-hydrogen) atoms. The first-order valence-corrected chi connectivity index (χ1v) is 7.57. The Hall–Kier alpha value is -0.220. The normalized spacial score (nSPS) is 20.1. The van der Waals surface area contributed by atoms with E-state index in [0.717, 1.165) is 26.2 Å². The Balaban J connectivity index is 2.29. The highest BCUT2D eigenvalue weighted by Gasteiger charge is 2.23. The Kier molecular flexibility index (Phi) is 6.50. The first-order valence-electron chi connectivity index (χ1n) is 7.05. The highest BCUT2D eigenvalue weighted by atomic mass is 32.1. The maximum Gasteiger partial charge on any atom is 0.224 e. The molecule has 106 valence electrons. The van der Waals surface area contributed by atoms with Crippen LogP contribution in [0.5, 0.6) is 0 Å². The molecule has 1 aliphatic heterocycles. The SMILES string of the molecule is CC(S)CN1CCC(CN(C)C(=O)C(C)C)CC1. The number of carbonyl (C=O) groups excluding carboxylic acids is 1. The summed E-state index contributed by atoms with van der Waals surface area (Å²) in [4.78, 5) is 16.2. The summed E-state index contributed by atoms with van der Waals surface area (Å²) < 4.78 is 0. The number of rotatable bonds is 5. The van der Waals surface area contributed by atoms with Gasteiger partial charge in [0.05, 0.1) is 0 Å². The zero-order chi connectivity index (χ0) is 13.7. The maximum atomic E-state index is 11.8. The van der Waals surface area contributed by atoms with E-state index in [2.05, 4.69) is 24.5 Å². The van der Waals surface area contributed by atoms with Gasteiger partial charge in [0, 0.05) is 31.3 Å². The molecule has 3 nitrogen and oxygen atoms in total. The van der Waals surface area contributed by atoms with Gasteiger partial charge >= 0.3 is 0 Å². The smallest absolute Gasteiger partial charge is 0.224 e. The fourth-order valence-corrected chi connectivity index (χ4v) is 2.87. The molecule has 1 amide bonds. The largest absolute Gasteiger partial charge is 0.345 e. The summed E-state index contributed by atoms with van der Waals surface area (Å²) >= 11 is 4.44. The van der Waals surface area contributed by atoms with Crippen LogP contribution in [-0.2, 0) is 4.79 Å². The Morgan fingerprint density at radius 1 is 1.33 bits per heavy atom. The molecule has 0 N–H and O–H groups in total. The van der Waals surface area contributed by atoms with E-state index in [1.807, 2.05) is 25.8 Å². The summed E-state index contributed by atoms with van der Waals surface area (Å²) in [6.07, 6.45) is 2.41. The molecule has 0 aromatic rings. The van der Waals surface area contributed by atoms with Gasteiger partial charge in [-0.2, -0.15) is 12.6 Å². The summed E-state index contributed by atoms with van der Waals surface area (Å²) in [6, 6.07) is 0. The summed E-state index contributed by atoms with van der Waals surface area (Å²) in [7, 11) is 1.94. The number of hydrogen-bond donors (Lipinski definition) is 1. The Morgan fingerprint density at radius 3 is 2.33 bits per heavy atom. The van der Waals surface area contributed by atoms with E-state index >= 15 is 0 Å². The molecule has 1 aliphatic rings. The minimum Gasteiger partial charge on any atom is -0.345 e. The molecule has 1 atom stereocenters. The van der Waals surface area contributed by atoms with Crippen LogP contribution in [0.15, 0.2) is 0 Å². The lowest BCUT2D eigenvalue weighted by Crippen LogP contribution is -2.41. The van der Waals surface area contributed by atoms with Crippen LogP contribution < -0.4 is 0 Å². The Bertz CT molecular complexity index is 261. The van der Waals surface area contributed by atoms with Gasteiger partial charge in [-0.3, -0.25) is 4.79 Å². The molecule has 0 spiro atoms. The first-order chi connectivity index (χ1) is 8.40. The highest BCUT2D eigenvalue weighted by Crippen LogP contribution is 2.19. The third-order valence-electron chi connectivity index (χ3n) is 3.63. The number of hydrogen-bond acceptors (Lipinski definition) is 3. The van der Waals surface area contributed by atoms with Gasteiger partial charge in [0.25, 0.3) is 0 Å². The third kappa shape index (κ3) is 5.19. The summed E-state index contributed by atoms with van der Waals surface area (Å²) in [5.74, 6) is 1.05. The van der Waals surface area contributed by atoms with Crippen LogP contribution in [0.2, 0.25) is 0 Å². The minimum absolute atomic E-state index is 0.111. The zero-order valence-corrected chi connectivity index (χ0v) is 13.1. The second-order valence-electron chi connectivity index (χ2n) is 5.97. The number of amides is 1. The average Bonchev–Trinajstić information content (AvgIpc) is 2.29. The van der Waals surface area contributed by atoms with Crippen molar-refractivity contribution in [2.24, 2.45) is 11.8 Å². The van der Waals surface area contributed by atoms with Crippen molar-refractivity contribution in [1.29, 1.82) is 0 Å². The van der Waals surface area contributed by atoms with Crippen molar-refractivity contribution in [2.75, 3.05) is 33.2 Å². The number of nitrogens with zero attached hydrogens (tertiary/aromatic N) is 2. The van der Waals surface area contributed by atoms with Gasteiger partial charge in [-0.25, -0.2) is 0 Å². The van der Waals surface area contributed by atoms with Crippen LogP contribution in [0.25, 0.3) is 0 Å². The Labute approximate surface area is 117 Å². The lowest BCUT2D eigenvalue weighted by molar-refractivity contribution is -0.133. The third-order valence-corrected chi connectivity index (χ3v) is 3.80. The fraction of sp³-hybridized carbons (Fsp3) is 0.929. The Morgan fingerprint density at radius 2 is 1.89 bits per heavy atom. The van der Waals surface area contributed by atoms with Crippen LogP contribution >= 0.6 is 12.6 Å². The second-order valence-corrected chi connectivity index (χ2v) is 6.85. The molecular weight excluding hydrogens is 244 g/mol. The molecule has 1 fully saturated rings.